The van der Waals surface area contributed by atoms with Gasteiger partial charge in [-0.3, -0.25) is 0 Å². The van der Waals surface area contributed by atoms with Gasteiger partial charge in [0.05, 0.1) is 13.2 Å². The predicted molar refractivity (Wildman–Crippen MR) is 70.6 cm³/mol. The molecule has 17 heavy (non-hydrogen) atoms. The number of benzene rings is 1. The van der Waals surface area contributed by atoms with Crippen molar-refractivity contribution in [2.45, 2.75) is 45.8 Å². The molecule has 3 nitrogen and oxygen atoms in total. The van der Waals surface area contributed by atoms with Crippen LogP contribution in [-0.2, 0) is 0 Å². The van der Waals surface area contributed by atoms with E-state index in [-0.39, 0.29) is 12.1 Å². The van der Waals surface area contributed by atoms with Crippen LogP contribution in [0.2, 0.25) is 0 Å². The highest BCUT2D eigenvalue weighted by atomic mass is 16.5. The van der Waals surface area contributed by atoms with Gasteiger partial charge in [-0.2, -0.15) is 0 Å². The van der Waals surface area contributed by atoms with Gasteiger partial charge >= 0.3 is 0 Å². The smallest absolute Gasteiger partial charge is 0.161 e. The largest absolute Gasteiger partial charge is 0.493 e. The van der Waals surface area contributed by atoms with Crippen LogP contribution >= 0.6 is 0 Å². The van der Waals surface area contributed by atoms with E-state index < -0.39 is 0 Å². The summed E-state index contributed by atoms with van der Waals surface area (Å²) >= 11 is 0. The molecule has 0 bridgehead atoms. The average Bonchev–Trinajstić information content (AvgIpc) is 2.35. The normalized spacial score (nSPS) is 12.6. The summed E-state index contributed by atoms with van der Waals surface area (Å²) in [6.07, 6.45) is 2.23. The van der Waals surface area contributed by atoms with E-state index in [0.29, 0.717) is 0 Å². The molecule has 1 aromatic carbocycles. The molecule has 0 fully saturated rings. The van der Waals surface area contributed by atoms with Crippen molar-refractivity contribution in [3.63, 3.8) is 0 Å². The van der Waals surface area contributed by atoms with E-state index in [1.807, 2.05) is 25.1 Å². The first-order valence-electron chi connectivity index (χ1n) is 6.22. The fourth-order valence-corrected chi connectivity index (χ4v) is 1.70. The zero-order valence-corrected chi connectivity index (χ0v) is 11.2. The lowest BCUT2D eigenvalue weighted by molar-refractivity contribution is 0.185. The second-order valence-corrected chi connectivity index (χ2v) is 4.26. The van der Waals surface area contributed by atoms with Gasteiger partial charge in [-0.15, -0.1) is 0 Å². The lowest BCUT2D eigenvalue weighted by atomic mass is 10.1. The van der Waals surface area contributed by atoms with Crippen molar-refractivity contribution in [3.8, 4) is 11.5 Å². The Morgan fingerprint density at radius 3 is 2.29 bits per heavy atom. The molecule has 0 aliphatic heterocycles. The molecule has 1 unspecified atom stereocenters. The molecule has 2 N–H and O–H groups in total. The summed E-state index contributed by atoms with van der Waals surface area (Å²) in [6, 6.07) is 5.88. The number of methoxy groups -OCH3 is 1. The maximum absolute atomic E-state index is 5.90. The van der Waals surface area contributed by atoms with Crippen LogP contribution in [0.1, 0.15) is 45.2 Å². The topological polar surface area (TPSA) is 44.5 Å². The average molecular weight is 237 g/mol. The Kier molecular flexibility index (Phi) is 5.29. The summed E-state index contributed by atoms with van der Waals surface area (Å²) < 4.78 is 11.2. The van der Waals surface area contributed by atoms with Crippen LogP contribution in [0, 0.1) is 0 Å². The first kappa shape index (κ1) is 13.8. The molecule has 0 aliphatic carbocycles. The lowest BCUT2D eigenvalue weighted by Gasteiger charge is -2.19. The number of rotatable bonds is 6. The van der Waals surface area contributed by atoms with Crippen molar-refractivity contribution in [1.82, 2.24) is 0 Å². The Bertz CT molecular complexity index is 346. The third-order valence-corrected chi connectivity index (χ3v) is 2.92. The summed E-state index contributed by atoms with van der Waals surface area (Å²) in [5.41, 5.74) is 6.90. The SMILES string of the molecule is CCC(CC)Oc1ccc(C(C)N)cc1OC. The molecule has 0 aromatic heterocycles. The van der Waals surface area contributed by atoms with Gasteiger partial charge < -0.3 is 15.2 Å². The van der Waals surface area contributed by atoms with Crippen molar-refractivity contribution >= 4 is 0 Å². The van der Waals surface area contributed by atoms with E-state index in [2.05, 4.69) is 13.8 Å². The second-order valence-electron chi connectivity index (χ2n) is 4.26. The molecule has 0 heterocycles. The fraction of sp³-hybridized carbons (Fsp3) is 0.571. The molecule has 96 valence electrons. The molecule has 0 amide bonds. The summed E-state index contributed by atoms with van der Waals surface area (Å²) in [4.78, 5) is 0. The van der Waals surface area contributed by atoms with Crippen LogP contribution in [-0.4, -0.2) is 13.2 Å². The summed E-state index contributed by atoms with van der Waals surface area (Å²) in [7, 11) is 1.65. The Morgan fingerprint density at radius 1 is 1.18 bits per heavy atom. The van der Waals surface area contributed by atoms with Gasteiger partial charge in [0.1, 0.15) is 0 Å². The van der Waals surface area contributed by atoms with Crippen molar-refractivity contribution in [1.29, 1.82) is 0 Å². The molecule has 0 radical (unpaired) electrons. The third-order valence-electron chi connectivity index (χ3n) is 2.92. The van der Waals surface area contributed by atoms with Crippen LogP contribution in [0.4, 0.5) is 0 Å². The van der Waals surface area contributed by atoms with Crippen LogP contribution in [0.5, 0.6) is 11.5 Å². The standard InChI is InChI=1S/C14H23NO2/c1-5-12(6-2)17-13-8-7-11(10(3)15)9-14(13)16-4/h7-10,12H,5-6,15H2,1-4H3. The molecule has 0 spiro atoms. The number of hydrogen-bond donors (Lipinski definition) is 1. The van der Waals surface area contributed by atoms with Gasteiger partial charge in [-0.1, -0.05) is 19.9 Å². The van der Waals surface area contributed by atoms with E-state index >= 15 is 0 Å². The van der Waals surface area contributed by atoms with Crippen molar-refractivity contribution < 1.29 is 9.47 Å². The number of ether oxygens (including phenoxy) is 2. The third kappa shape index (κ3) is 3.63. The summed E-state index contributed by atoms with van der Waals surface area (Å²) in [5.74, 6) is 1.55. The molecule has 1 rings (SSSR count). The van der Waals surface area contributed by atoms with Gasteiger partial charge in [0.2, 0.25) is 0 Å². The monoisotopic (exact) mass is 237 g/mol. The lowest BCUT2D eigenvalue weighted by Crippen LogP contribution is -2.14. The minimum atomic E-state index is 0.00565. The highest BCUT2D eigenvalue weighted by Gasteiger charge is 2.11. The molecular weight excluding hydrogens is 214 g/mol. The molecule has 1 atom stereocenters. The van der Waals surface area contributed by atoms with E-state index in [0.717, 1.165) is 29.9 Å². The Morgan fingerprint density at radius 2 is 1.82 bits per heavy atom. The van der Waals surface area contributed by atoms with Gasteiger partial charge in [0, 0.05) is 6.04 Å². The minimum Gasteiger partial charge on any atom is -0.493 e. The highest BCUT2D eigenvalue weighted by Crippen LogP contribution is 2.31. The minimum absolute atomic E-state index is 0.00565. The molecule has 1 aromatic rings. The van der Waals surface area contributed by atoms with Crippen molar-refractivity contribution in [2.75, 3.05) is 7.11 Å². The Balaban J connectivity index is 2.92. The van der Waals surface area contributed by atoms with Crippen LogP contribution in [0.15, 0.2) is 18.2 Å². The Hall–Kier alpha value is -1.22. The summed E-state index contributed by atoms with van der Waals surface area (Å²) in [6.45, 7) is 6.20. The first-order chi connectivity index (χ1) is 8.12. The van der Waals surface area contributed by atoms with E-state index in [1.165, 1.54) is 0 Å². The van der Waals surface area contributed by atoms with Gasteiger partial charge in [0.25, 0.3) is 0 Å². The van der Waals surface area contributed by atoms with Gasteiger partial charge in [-0.05, 0) is 37.5 Å². The molecule has 0 aliphatic rings. The van der Waals surface area contributed by atoms with Crippen LogP contribution < -0.4 is 15.2 Å². The second kappa shape index (κ2) is 6.50. The van der Waals surface area contributed by atoms with Crippen LogP contribution in [0.3, 0.4) is 0 Å². The van der Waals surface area contributed by atoms with E-state index in [4.69, 9.17) is 15.2 Å². The maximum atomic E-state index is 5.90. The zero-order valence-electron chi connectivity index (χ0n) is 11.2. The predicted octanol–water partition coefficient (Wildman–Crippen LogP) is 3.28. The Labute approximate surface area is 104 Å². The van der Waals surface area contributed by atoms with Gasteiger partial charge in [-0.25, -0.2) is 0 Å². The quantitative estimate of drug-likeness (QED) is 0.825. The number of hydrogen-bond acceptors (Lipinski definition) is 3. The van der Waals surface area contributed by atoms with Gasteiger partial charge in [0.15, 0.2) is 11.5 Å². The highest BCUT2D eigenvalue weighted by molar-refractivity contribution is 5.43. The molecule has 0 saturated carbocycles. The fourth-order valence-electron chi connectivity index (χ4n) is 1.70. The van der Waals surface area contributed by atoms with Crippen LogP contribution in [0.25, 0.3) is 0 Å². The van der Waals surface area contributed by atoms with E-state index in [1.54, 1.807) is 7.11 Å². The summed E-state index contributed by atoms with van der Waals surface area (Å²) in [5, 5.41) is 0. The number of nitrogens with two attached hydrogens (primary N) is 1. The first-order valence-corrected chi connectivity index (χ1v) is 6.22. The molecular formula is C14H23NO2. The maximum Gasteiger partial charge on any atom is 0.161 e. The van der Waals surface area contributed by atoms with E-state index in [9.17, 15) is 0 Å². The van der Waals surface area contributed by atoms with Crippen molar-refractivity contribution in [3.05, 3.63) is 23.8 Å². The zero-order chi connectivity index (χ0) is 12.8. The van der Waals surface area contributed by atoms with Crippen molar-refractivity contribution in [2.24, 2.45) is 5.73 Å². The molecule has 0 saturated heterocycles. The molecule has 3 heteroatoms.